The number of nitrogens with two attached hydrogens (primary N) is 1. The zero-order valence-electron chi connectivity index (χ0n) is 19.0. The summed E-state index contributed by atoms with van der Waals surface area (Å²) in [6.45, 7) is 1.93. The number of aliphatic hydroxyl groups is 1. The molecule has 2 unspecified atom stereocenters. The van der Waals surface area contributed by atoms with E-state index in [0.29, 0.717) is 29.7 Å². The number of rotatable bonds is 8. The molecule has 4 rings (SSSR count). The Morgan fingerprint density at radius 1 is 1.29 bits per heavy atom. The number of pyridine rings is 1. The lowest BCUT2D eigenvalue weighted by Crippen LogP contribution is -2.29. The Kier molecular flexibility index (Phi) is 6.47. The topological polar surface area (TPSA) is 137 Å². The van der Waals surface area contributed by atoms with Crippen LogP contribution in [0.2, 0.25) is 0 Å². The van der Waals surface area contributed by atoms with Crippen LogP contribution in [0.25, 0.3) is 22.3 Å². The first-order valence-corrected chi connectivity index (χ1v) is 10.9. The first-order chi connectivity index (χ1) is 16.4. The maximum absolute atomic E-state index is 14.0. The van der Waals surface area contributed by atoms with Gasteiger partial charge in [-0.1, -0.05) is 25.5 Å². The number of H-pyrrole nitrogens is 1. The summed E-state index contributed by atoms with van der Waals surface area (Å²) in [5.41, 5.74) is 7.87. The van der Waals surface area contributed by atoms with E-state index in [1.165, 1.54) is 18.3 Å². The number of halogens is 1. The zero-order valence-corrected chi connectivity index (χ0v) is 19.0. The number of nitrogen functional groups attached to an aromatic ring is 1. The largest absolute Gasteiger partial charge is 0.379 e. The molecule has 0 saturated carbocycles. The molecule has 0 aliphatic carbocycles. The molecular weight excluding hydrogens is 433 g/mol. The fraction of sp³-hybridized carbons (Fsp3) is 0.240. The van der Waals surface area contributed by atoms with E-state index in [2.05, 4.69) is 24.9 Å². The van der Waals surface area contributed by atoms with E-state index in [9.17, 15) is 9.50 Å². The van der Waals surface area contributed by atoms with E-state index in [-0.39, 0.29) is 17.6 Å². The number of hydrogen-bond donors (Lipinski definition) is 4. The van der Waals surface area contributed by atoms with Gasteiger partial charge in [0.15, 0.2) is 0 Å². The van der Waals surface area contributed by atoms with Gasteiger partial charge in [0.05, 0.1) is 17.3 Å². The molecule has 3 heterocycles. The van der Waals surface area contributed by atoms with Gasteiger partial charge in [0, 0.05) is 42.8 Å². The predicted octanol–water partition coefficient (Wildman–Crippen LogP) is 4.21. The van der Waals surface area contributed by atoms with E-state index in [0.717, 1.165) is 16.5 Å². The third-order valence-corrected chi connectivity index (χ3v) is 5.78. The number of hydrogen-bond acceptors (Lipinski definition) is 7. The highest BCUT2D eigenvalue weighted by Crippen LogP contribution is 2.36. The highest BCUT2D eigenvalue weighted by atomic mass is 19.1. The van der Waals surface area contributed by atoms with Crippen LogP contribution in [0, 0.1) is 11.2 Å². The van der Waals surface area contributed by atoms with Gasteiger partial charge in [-0.25, -0.2) is 19.3 Å². The smallest absolute Gasteiger partial charge is 0.220 e. The molecule has 0 spiro atoms. The van der Waals surface area contributed by atoms with Crippen molar-refractivity contribution in [1.82, 2.24) is 19.9 Å². The van der Waals surface area contributed by atoms with Gasteiger partial charge in [0.1, 0.15) is 17.1 Å². The third-order valence-electron chi connectivity index (χ3n) is 5.78. The van der Waals surface area contributed by atoms with Crippen molar-refractivity contribution in [3.05, 3.63) is 71.4 Å². The summed E-state index contributed by atoms with van der Waals surface area (Å²) < 4.78 is 14.0. The van der Waals surface area contributed by atoms with Crippen LogP contribution in [0.5, 0.6) is 0 Å². The summed E-state index contributed by atoms with van der Waals surface area (Å²) in [7, 11) is 1.66. The van der Waals surface area contributed by atoms with E-state index in [1.54, 1.807) is 43.9 Å². The second kappa shape index (κ2) is 9.48. The number of fused-ring (bicyclic) bond motifs is 1. The summed E-state index contributed by atoms with van der Waals surface area (Å²) in [5, 5.41) is 20.2. The molecule has 0 aliphatic heterocycles. The van der Waals surface area contributed by atoms with Crippen LogP contribution in [-0.4, -0.2) is 44.5 Å². The Morgan fingerprint density at radius 2 is 2.12 bits per heavy atom. The van der Waals surface area contributed by atoms with Crippen LogP contribution in [0.1, 0.15) is 42.5 Å². The Balaban J connectivity index is 1.87. The molecule has 3 aromatic heterocycles. The van der Waals surface area contributed by atoms with Crippen molar-refractivity contribution >= 4 is 29.4 Å². The van der Waals surface area contributed by atoms with Crippen molar-refractivity contribution < 1.29 is 9.50 Å². The number of nitrogens with zero attached hydrogens (tertiary/aromatic N) is 4. The van der Waals surface area contributed by atoms with Crippen molar-refractivity contribution in [1.29, 1.82) is 5.41 Å². The molecule has 5 N–H and O–H groups in total. The van der Waals surface area contributed by atoms with Crippen LogP contribution in [0.15, 0.2) is 53.8 Å². The molecule has 0 bridgehead atoms. The molecule has 0 amide bonds. The average molecular weight is 460 g/mol. The second-order valence-corrected chi connectivity index (χ2v) is 8.08. The van der Waals surface area contributed by atoms with Gasteiger partial charge in [-0.3, -0.25) is 4.99 Å². The summed E-state index contributed by atoms with van der Waals surface area (Å²) >= 11 is 0. The maximum Gasteiger partial charge on any atom is 0.220 e. The minimum Gasteiger partial charge on any atom is -0.379 e. The number of nitrogens with one attached hydrogen (secondary N) is 2. The molecule has 174 valence electrons. The number of aromatic nitrogens is 4. The molecule has 4 aromatic rings. The third kappa shape index (κ3) is 4.29. The van der Waals surface area contributed by atoms with Crippen molar-refractivity contribution in [2.45, 2.75) is 31.3 Å². The van der Waals surface area contributed by atoms with Gasteiger partial charge < -0.3 is 21.2 Å². The van der Waals surface area contributed by atoms with Crippen LogP contribution in [0.4, 0.5) is 10.3 Å². The molecular formula is C25H26FN7O. The maximum atomic E-state index is 14.0. The Hall–Kier alpha value is -3.98. The molecule has 2 atom stereocenters. The molecule has 8 nitrogen and oxygen atoms in total. The quantitative estimate of drug-likeness (QED) is 0.293. The summed E-state index contributed by atoms with van der Waals surface area (Å²) in [4.78, 5) is 20.4. The van der Waals surface area contributed by atoms with E-state index in [4.69, 9.17) is 11.1 Å². The van der Waals surface area contributed by atoms with Gasteiger partial charge in [0.25, 0.3) is 0 Å². The van der Waals surface area contributed by atoms with Crippen LogP contribution in [-0.2, 0) is 5.60 Å². The first kappa shape index (κ1) is 23.2. The van der Waals surface area contributed by atoms with Crippen LogP contribution < -0.4 is 5.73 Å². The lowest BCUT2D eigenvalue weighted by Gasteiger charge is -2.28. The van der Waals surface area contributed by atoms with Crippen molar-refractivity contribution in [3.63, 3.8) is 0 Å². The molecule has 9 heteroatoms. The van der Waals surface area contributed by atoms with Gasteiger partial charge in [0.2, 0.25) is 5.95 Å². The van der Waals surface area contributed by atoms with Gasteiger partial charge in [-0.05, 0) is 41.8 Å². The summed E-state index contributed by atoms with van der Waals surface area (Å²) in [6, 6.07) is 9.47. The molecule has 1 aromatic carbocycles. The monoisotopic (exact) mass is 459 g/mol. The second-order valence-electron chi connectivity index (χ2n) is 8.08. The van der Waals surface area contributed by atoms with Crippen molar-refractivity contribution in [3.8, 4) is 11.3 Å². The molecule has 0 saturated heterocycles. The predicted molar refractivity (Wildman–Crippen MR) is 132 cm³/mol. The number of benzene rings is 1. The van der Waals surface area contributed by atoms with Crippen molar-refractivity contribution in [2.24, 2.45) is 4.99 Å². The van der Waals surface area contributed by atoms with E-state index < -0.39 is 11.4 Å². The standard InChI is InChI=1S/C25H26FN7O/c1-3-7-25(34,17-5-4-6-18(26)9-17)22-10-21(32-24(28)33-22)20-14-31-23-19(20)8-15(13-30-23)16(11-27)12-29-2/h4-6,8-14,16,27,34H,3,7H2,1-2H3,(H,30,31)(H2,28,32,33). The molecule has 0 radical (unpaired) electrons. The van der Waals surface area contributed by atoms with Gasteiger partial charge in [-0.15, -0.1) is 0 Å². The van der Waals surface area contributed by atoms with Crippen LogP contribution in [0.3, 0.4) is 0 Å². The Bertz CT molecular complexity index is 1370. The van der Waals surface area contributed by atoms with Crippen molar-refractivity contribution in [2.75, 3.05) is 12.8 Å². The van der Waals surface area contributed by atoms with Gasteiger partial charge in [-0.2, -0.15) is 0 Å². The summed E-state index contributed by atoms with van der Waals surface area (Å²) in [6.07, 6.45) is 7.39. The minimum atomic E-state index is -1.54. The zero-order chi connectivity index (χ0) is 24.3. The average Bonchev–Trinajstić information content (AvgIpc) is 3.25. The SMILES string of the molecule is CCCC(O)(c1cccc(F)c1)c1cc(-c2c[nH]c3ncc(C(C=N)C=NC)cc23)nc(N)n1. The lowest BCUT2D eigenvalue weighted by atomic mass is 9.85. The number of anilines is 1. The minimum absolute atomic E-state index is 0.00706. The first-order valence-electron chi connectivity index (χ1n) is 10.9. The Labute approximate surface area is 196 Å². The Morgan fingerprint density at radius 3 is 2.82 bits per heavy atom. The highest BCUT2D eigenvalue weighted by Gasteiger charge is 2.33. The van der Waals surface area contributed by atoms with E-state index in [1.807, 2.05) is 13.0 Å². The van der Waals surface area contributed by atoms with E-state index >= 15 is 0 Å². The lowest BCUT2D eigenvalue weighted by molar-refractivity contribution is 0.0654. The highest BCUT2D eigenvalue weighted by molar-refractivity contribution is 5.95. The summed E-state index contributed by atoms with van der Waals surface area (Å²) in [5.74, 6) is -0.758. The fourth-order valence-corrected chi connectivity index (χ4v) is 4.14. The normalized spacial score (nSPS) is 14.4. The fourth-order valence-electron chi connectivity index (χ4n) is 4.14. The molecule has 0 fully saturated rings. The molecule has 34 heavy (non-hydrogen) atoms. The van der Waals surface area contributed by atoms with Gasteiger partial charge >= 0.3 is 0 Å². The number of aliphatic imine (C=N–C) groups is 1. The molecule has 0 aliphatic rings. The van der Waals surface area contributed by atoms with Crippen LogP contribution >= 0.6 is 0 Å². The number of aromatic amines is 1.